The minimum absolute atomic E-state index is 0.0697. The molecular weight excluding hydrogens is 200 g/mol. The summed E-state index contributed by atoms with van der Waals surface area (Å²) in [6.07, 6.45) is 7.23. The largest absolute Gasteiger partial charge is 0.349 e. The van der Waals surface area contributed by atoms with Crippen molar-refractivity contribution in [3.8, 4) is 0 Å². The summed E-state index contributed by atoms with van der Waals surface area (Å²) < 4.78 is 12.3. The van der Waals surface area contributed by atoms with Gasteiger partial charge in [-0.05, 0) is 36.5 Å². The number of fused-ring (bicyclic) bond motifs is 2. The fraction of sp³-hybridized carbons (Fsp3) is 1.00. The molecule has 0 aromatic carbocycles. The van der Waals surface area contributed by atoms with E-state index in [-0.39, 0.29) is 6.29 Å². The highest BCUT2D eigenvalue weighted by molar-refractivity contribution is 4.99. The lowest BCUT2D eigenvalue weighted by molar-refractivity contribution is -0.182. The Morgan fingerprint density at radius 2 is 1.56 bits per heavy atom. The van der Waals surface area contributed by atoms with Gasteiger partial charge in [0.15, 0.2) is 6.29 Å². The van der Waals surface area contributed by atoms with E-state index >= 15 is 0 Å². The molecule has 0 radical (unpaired) electrons. The first kappa shape index (κ1) is 11.0. The Hall–Kier alpha value is -0.0800. The van der Waals surface area contributed by atoms with Crippen LogP contribution in [-0.2, 0) is 9.47 Å². The Balaban J connectivity index is 1.67. The second-order valence-corrected chi connectivity index (χ2v) is 6.73. The molecule has 2 saturated carbocycles. The van der Waals surface area contributed by atoms with Crippen LogP contribution in [0.15, 0.2) is 0 Å². The highest BCUT2D eigenvalue weighted by atomic mass is 16.7. The van der Waals surface area contributed by atoms with Crippen molar-refractivity contribution in [1.29, 1.82) is 0 Å². The highest BCUT2D eigenvalue weighted by Gasteiger charge is 2.51. The van der Waals surface area contributed by atoms with Gasteiger partial charge in [-0.25, -0.2) is 0 Å². The van der Waals surface area contributed by atoms with Gasteiger partial charge in [0, 0.05) is 6.42 Å². The van der Waals surface area contributed by atoms with E-state index in [0.717, 1.165) is 18.3 Å². The van der Waals surface area contributed by atoms with Crippen molar-refractivity contribution in [3.05, 3.63) is 0 Å². The molecule has 16 heavy (non-hydrogen) atoms. The van der Waals surface area contributed by atoms with Gasteiger partial charge in [-0.2, -0.15) is 0 Å². The minimum atomic E-state index is 0.0697. The maximum Gasteiger partial charge on any atom is 0.158 e. The topological polar surface area (TPSA) is 18.5 Å². The van der Waals surface area contributed by atoms with Crippen molar-refractivity contribution in [3.63, 3.8) is 0 Å². The molecule has 4 atom stereocenters. The van der Waals surface area contributed by atoms with E-state index < -0.39 is 0 Å². The highest BCUT2D eigenvalue weighted by Crippen LogP contribution is 2.51. The number of hydrogen-bond donors (Lipinski definition) is 0. The van der Waals surface area contributed by atoms with Crippen LogP contribution in [0, 0.1) is 17.3 Å². The third kappa shape index (κ3) is 1.80. The quantitative estimate of drug-likeness (QED) is 0.732. The second kappa shape index (κ2) is 3.71. The number of hydrogen-bond acceptors (Lipinski definition) is 2. The lowest BCUT2D eigenvalue weighted by Crippen LogP contribution is -2.28. The lowest BCUT2D eigenvalue weighted by Gasteiger charge is -2.29. The summed E-state index contributed by atoms with van der Waals surface area (Å²) in [6.45, 7) is 6.88. The first-order valence-electron chi connectivity index (χ1n) is 6.88. The van der Waals surface area contributed by atoms with Crippen LogP contribution in [0.5, 0.6) is 0 Å². The van der Waals surface area contributed by atoms with Crippen molar-refractivity contribution in [2.45, 2.75) is 71.4 Å². The van der Waals surface area contributed by atoms with Crippen molar-refractivity contribution in [1.82, 2.24) is 0 Å². The van der Waals surface area contributed by atoms with Gasteiger partial charge in [-0.15, -0.1) is 0 Å². The second-order valence-electron chi connectivity index (χ2n) is 6.73. The van der Waals surface area contributed by atoms with Gasteiger partial charge in [0.25, 0.3) is 0 Å². The summed E-state index contributed by atoms with van der Waals surface area (Å²) in [5, 5.41) is 0. The Morgan fingerprint density at radius 1 is 1.00 bits per heavy atom. The van der Waals surface area contributed by atoms with Gasteiger partial charge in [-0.3, -0.25) is 0 Å². The zero-order chi connectivity index (χ0) is 11.3. The maximum absolute atomic E-state index is 6.17. The van der Waals surface area contributed by atoms with Crippen LogP contribution in [0.2, 0.25) is 0 Å². The first-order valence-corrected chi connectivity index (χ1v) is 6.88. The van der Waals surface area contributed by atoms with Crippen LogP contribution in [0.4, 0.5) is 0 Å². The third-order valence-corrected chi connectivity index (χ3v) is 5.06. The smallest absolute Gasteiger partial charge is 0.158 e. The monoisotopic (exact) mass is 224 g/mol. The third-order valence-electron chi connectivity index (χ3n) is 5.06. The maximum atomic E-state index is 6.17. The van der Waals surface area contributed by atoms with Gasteiger partial charge >= 0.3 is 0 Å². The molecule has 2 heterocycles. The van der Waals surface area contributed by atoms with Crippen LogP contribution in [0.1, 0.15) is 52.9 Å². The van der Waals surface area contributed by atoms with Crippen molar-refractivity contribution >= 4 is 0 Å². The molecule has 4 unspecified atom stereocenters. The fourth-order valence-electron chi connectivity index (χ4n) is 3.62. The molecule has 4 rings (SSSR count). The molecule has 2 saturated heterocycles. The molecule has 0 aromatic rings. The Morgan fingerprint density at radius 3 is 2.00 bits per heavy atom. The predicted molar refractivity (Wildman–Crippen MR) is 63.1 cm³/mol. The molecule has 92 valence electrons. The van der Waals surface area contributed by atoms with Crippen molar-refractivity contribution < 1.29 is 9.47 Å². The van der Waals surface area contributed by atoms with E-state index in [1.54, 1.807) is 0 Å². The predicted octanol–water partition coefficient (Wildman–Crippen LogP) is 3.35. The molecule has 0 aromatic heterocycles. The van der Waals surface area contributed by atoms with E-state index in [0.29, 0.717) is 17.6 Å². The average molecular weight is 224 g/mol. The van der Waals surface area contributed by atoms with E-state index in [1.807, 2.05) is 0 Å². The van der Waals surface area contributed by atoms with Gasteiger partial charge in [0.1, 0.15) is 0 Å². The first-order chi connectivity index (χ1) is 7.57. The van der Waals surface area contributed by atoms with E-state index in [9.17, 15) is 0 Å². The molecule has 2 heteroatoms. The number of rotatable bonds is 3. The summed E-state index contributed by atoms with van der Waals surface area (Å²) in [6, 6.07) is 0. The molecule has 4 fully saturated rings. The average Bonchev–Trinajstić information content (AvgIpc) is 2.67. The normalized spacial score (nSPS) is 46.3. The zero-order valence-corrected chi connectivity index (χ0v) is 10.7. The summed E-state index contributed by atoms with van der Waals surface area (Å²) in [5.74, 6) is 1.62. The molecule has 0 amide bonds. The summed E-state index contributed by atoms with van der Waals surface area (Å²) in [7, 11) is 0. The van der Waals surface area contributed by atoms with E-state index in [4.69, 9.17) is 9.47 Å². The van der Waals surface area contributed by atoms with E-state index in [2.05, 4.69) is 20.8 Å². The Kier molecular flexibility index (Phi) is 2.56. The molecule has 0 N–H and O–H groups in total. The van der Waals surface area contributed by atoms with Crippen molar-refractivity contribution in [2.75, 3.05) is 0 Å². The summed E-state index contributed by atoms with van der Waals surface area (Å²) in [5.41, 5.74) is 0.346. The molecule has 2 nitrogen and oxygen atoms in total. The Bertz CT molecular complexity index is 256. The molecular formula is C14H24O2. The van der Waals surface area contributed by atoms with Gasteiger partial charge in [-0.1, -0.05) is 27.2 Å². The molecule has 4 aliphatic rings. The standard InChI is InChI=1S/C14H24O2/c1-4-14(2,3)8-13-15-11-6-9-5-10(11)7-12(9)16-13/h9-13H,4-8H2,1-3H3. The molecule has 0 spiro atoms. The zero-order valence-electron chi connectivity index (χ0n) is 10.7. The van der Waals surface area contributed by atoms with Gasteiger partial charge < -0.3 is 9.47 Å². The Labute approximate surface area is 98.7 Å². The van der Waals surface area contributed by atoms with E-state index in [1.165, 1.54) is 25.7 Å². The molecule has 2 aliphatic heterocycles. The van der Waals surface area contributed by atoms with Gasteiger partial charge in [0.05, 0.1) is 12.2 Å². The van der Waals surface area contributed by atoms with Crippen LogP contribution < -0.4 is 0 Å². The van der Waals surface area contributed by atoms with Crippen LogP contribution in [0.3, 0.4) is 0 Å². The summed E-state index contributed by atoms with van der Waals surface area (Å²) >= 11 is 0. The van der Waals surface area contributed by atoms with Crippen LogP contribution >= 0.6 is 0 Å². The minimum Gasteiger partial charge on any atom is -0.349 e. The summed E-state index contributed by atoms with van der Waals surface area (Å²) in [4.78, 5) is 0. The molecule has 2 aliphatic carbocycles. The van der Waals surface area contributed by atoms with Gasteiger partial charge in [0.2, 0.25) is 0 Å². The molecule has 4 bridgehead atoms. The number of ether oxygens (including phenoxy) is 2. The fourth-order valence-corrected chi connectivity index (χ4v) is 3.62. The SMILES string of the molecule is CCC(C)(C)CC1OC2CC3CC2CC3O1. The van der Waals surface area contributed by atoms with Crippen LogP contribution in [-0.4, -0.2) is 18.5 Å². The van der Waals surface area contributed by atoms with Crippen molar-refractivity contribution in [2.24, 2.45) is 17.3 Å². The van der Waals surface area contributed by atoms with Crippen LogP contribution in [0.25, 0.3) is 0 Å². The lowest BCUT2D eigenvalue weighted by atomic mass is 9.86.